The Hall–Kier alpha value is -1.90. The van der Waals surface area contributed by atoms with Crippen LogP contribution in [0.5, 0.6) is 0 Å². The van der Waals surface area contributed by atoms with E-state index in [1.165, 1.54) is 0 Å². The first-order valence-corrected chi connectivity index (χ1v) is 5.74. The second-order valence-electron chi connectivity index (χ2n) is 4.28. The molecule has 0 N–H and O–H groups in total. The summed E-state index contributed by atoms with van der Waals surface area (Å²) in [6, 6.07) is 0. The van der Waals surface area contributed by atoms with Crippen LogP contribution in [0, 0.1) is 9.81 Å². The lowest BCUT2D eigenvalue weighted by molar-refractivity contribution is -0.165. The Bertz CT molecular complexity index is 381. The molecule has 2 aliphatic heterocycles. The quantitative estimate of drug-likeness (QED) is 0.514. The highest BCUT2D eigenvalue weighted by Crippen LogP contribution is 2.20. The van der Waals surface area contributed by atoms with Gasteiger partial charge in [0.2, 0.25) is 0 Å². The van der Waals surface area contributed by atoms with Crippen molar-refractivity contribution in [2.45, 2.75) is 25.4 Å². The summed E-state index contributed by atoms with van der Waals surface area (Å²) in [5, 5.41) is 6.27. The van der Waals surface area contributed by atoms with E-state index in [1.807, 2.05) is 4.90 Å². The van der Waals surface area contributed by atoms with Crippen LogP contribution in [-0.4, -0.2) is 52.5 Å². The molecule has 2 fully saturated rings. The molecule has 9 nitrogen and oxygen atoms in total. The smallest absolute Gasteiger partial charge is 0.280 e. The van der Waals surface area contributed by atoms with Crippen molar-refractivity contribution in [3.05, 3.63) is 9.81 Å². The van der Waals surface area contributed by atoms with Gasteiger partial charge < -0.3 is 0 Å². The lowest BCUT2D eigenvalue weighted by atomic mass is 10.1. The SMILES string of the molecule is O=NN1CC(N2CCCCC2)N(N=O)C(=O)C1=O. The Morgan fingerprint density at radius 1 is 0.944 bits per heavy atom. The van der Waals surface area contributed by atoms with Gasteiger partial charge in [0, 0.05) is 13.1 Å². The van der Waals surface area contributed by atoms with Crippen LogP contribution in [0.2, 0.25) is 0 Å². The van der Waals surface area contributed by atoms with E-state index in [2.05, 4.69) is 10.6 Å². The molecule has 0 saturated carbocycles. The highest BCUT2D eigenvalue weighted by atomic mass is 16.3. The minimum atomic E-state index is -1.11. The van der Waals surface area contributed by atoms with E-state index >= 15 is 0 Å². The molecule has 2 saturated heterocycles. The van der Waals surface area contributed by atoms with Crippen LogP contribution in [0.25, 0.3) is 0 Å². The number of carbonyl (C=O) groups is 2. The summed E-state index contributed by atoms with van der Waals surface area (Å²) in [7, 11) is 0. The maximum absolute atomic E-state index is 11.6. The normalized spacial score (nSPS) is 26.3. The molecule has 2 heterocycles. The number of nitrogens with zero attached hydrogens (tertiary/aromatic N) is 5. The monoisotopic (exact) mass is 255 g/mol. The van der Waals surface area contributed by atoms with E-state index in [-0.39, 0.29) is 6.54 Å². The van der Waals surface area contributed by atoms with E-state index in [4.69, 9.17) is 0 Å². The van der Waals surface area contributed by atoms with Gasteiger partial charge in [0.1, 0.15) is 6.17 Å². The van der Waals surface area contributed by atoms with Crippen LogP contribution in [-0.2, 0) is 9.59 Å². The molecule has 0 bridgehead atoms. The van der Waals surface area contributed by atoms with Crippen LogP contribution < -0.4 is 0 Å². The maximum Gasteiger partial charge on any atom is 0.338 e. The fourth-order valence-electron chi connectivity index (χ4n) is 2.31. The first-order valence-electron chi connectivity index (χ1n) is 5.74. The van der Waals surface area contributed by atoms with Crippen molar-refractivity contribution >= 4 is 11.8 Å². The summed E-state index contributed by atoms with van der Waals surface area (Å²) >= 11 is 0. The molecule has 0 radical (unpaired) electrons. The van der Waals surface area contributed by atoms with Crippen LogP contribution in [0.1, 0.15) is 19.3 Å². The number of likely N-dealkylation sites (tertiary alicyclic amines) is 1. The Labute approximate surface area is 103 Å². The van der Waals surface area contributed by atoms with Gasteiger partial charge in [-0.2, -0.15) is 10.0 Å². The zero-order valence-electron chi connectivity index (χ0n) is 9.69. The molecule has 1 unspecified atom stereocenters. The molecule has 2 rings (SSSR count). The van der Waals surface area contributed by atoms with Gasteiger partial charge in [0.15, 0.2) is 0 Å². The Morgan fingerprint density at radius 2 is 1.61 bits per heavy atom. The third-order valence-corrected chi connectivity index (χ3v) is 3.24. The van der Waals surface area contributed by atoms with Crippen LogP contribution >= 0.6 is 0 Å². The highest BCUT2D eigenvalue weighted by Gasteiger charge is 2.44. The first kappa shape index (κ1) is 12.6. The molecule has 0 spiro atoms. The molecular formula is C9H13N5O4. The van der Waals surface area contributed by atoms with E-state index in [1.54, 1.807) is 0 Å². The Balaban J connectivity index is 2.20. The zero-order chi connectivity index (χ0) is 13.1. The largest absolute Gasteiger partial charge is 0.338 e. The average Bonchev–Trinajstić information content (AvgIpc) is 2.42. The minimum Gasteiger partial charge on any atom is -0.280 e. The topological polar surface area (TPSA) is 103 Å². The summed E-state index contributed by atoms with van der Waals surface area (Å²) < 4.78 is 0. The average molecular weight is 255 g/mol. The van der Waals surface area contributed by atoms with Gasteiger partial charge in [-0.1, -0.05) is 6.42 Å². The summed E-state index contributed by atoms with van der Waals surface area (Å²) in [5.41, 5.74) is 0. The molecule has 2 amide bonds. The number of hydrogen-bond donors (Lipinski definition) is 0. The van der Waals surface area contributed by atoms with Gasteiger partial charge in [-0.25, -0.2) is 0 Å². The molecule has 0 aromatic rings. The van der Waals surface area contributed by atoms with Gasteiger partial charge in [0.05, 0.1) is 17.1 Å². The van der Waals surface area contributed by atoms with Crippen molar-refractivity contribution in [1.82, 2.24) is 14.9 Å². The molecule has 0 aromatic heterocycles. The molecule has 9 heteroatoms. The molecule has 18 heavy (non-hydrogen) atoms. The first-order chi connectivity index (χ1) is 8.69. The second kappa shape index (κ2) is 5.17. The fraction of sp³-hybridized carbons (Fsp3) is 0.778. The second-order valence-corrected chi connectivity index (χ2v) is 4.28. The summed E-state index contributed by atoms with van der Waals surface area (Å²) in [4.78, 5) is 46.0. The van der Waals surface area contributed by atoms with Crippen molar-refractivity contribution in [3.8, 4) is 0 Å². The number of nitroso groups, excluding NO2 is 2. The molecule has 1 atom stereocenters. The van der Waals surface area contributed by atoms with E-state index in [0.29, 0.717) is 23.1 Å². The maximum atomic E-state index is 11.6. The van der Waals surface area contributed by atoms with Gasteiger partial charge in [0.25, 0.3) is 0 Å². The Morgan fingerprint density at radius 3 is 2.17 bits per heavy atom. The van der Waals surface area contributed by atoms with E-state index in [0.717, 1.165) is 19.3 Å². The fourth-order valence-corrected chi connectivity index (χ4v) is 2.31. The van der Waals surface area contributed by atoms with Gasteiger partial charge in [-0.3, -0.25) is 14.5 Å². The number of amides is 2. The standard InChI is InChI=1S/C9H13N5O4/c15-8-9(16)14(11-18)7(6-13(8)10-17)12-4-2-1-3-5-12/h7H,1-6H2. The third kappa shape index (κ3) is 2.08. The molecule has 0 aromatic carbocycles. The molecule has 0 aliphatic carbocycles. The lowest BCUT2D eigenvalue weighted by Crippen LogP contribution is -2.62. The van der Waals surface area contributed by atoms with Crippen LogP contribution in [0.4, 0.5) is 0 Å². The number of rotatable bonds is 3. The summed E-state index contributed by atoms with van der Waals surface area (Å²) in [5.74, 6) is -2.22. The Kier molecular flexibility index (Phi) is 3.60. The molecule has 98 valence electrons. The predicted molar refractivity (Wildman–Crippen MR) is 59.4 cm³/mol. The van der Waals surface area contributed by atoms with E-state index in [9.17, 15) is 19.4 Å². The van der Waals surface area contributed by atoms with Gasteiger partial charge >= 0.3 is 11.8 Å². The molecular weight excluding hydrogens is 242 g/mol. The van der Waals surface area contributed by atoms with Gasteiger partial charge in [-0.15, -0.1) is 9.81 Å². The predicted octanol–water partition coefficient (Wildman–Crippen LogP) is -0.168. The summed E-state index contributed by atoms with van der Waals surface area (Å²) in [6.07, 6.45) is 2.28. The van der Waals surface area contributed by atoms with Crippen LogP contribution in [0.3, 0.4) is 0 Å². The van der Waals surface area contributed by atoms with E-state index < -0.39 is 18.0 Å². The minimum absolute atomic E-state index is 0.111. The van der Waals surface area contributed by atoms with Crippen molar-refractivity contribution in [3.63, 3.8) is 0 Å². The van der Waals surface area contributed by atoms with Crippen molar-refractivity contribution in [1.29, 1.82) is 0 Å². The third-order valence-electron chi connectivity index (χ3n) is 3.24. The van der Waals surface area contributed by atoms with Crippen LogP contribution in [0.15, 0.2) is 10.6 Å². The van der Waals surface area contributed by atoms with Crippen molar-refractivity contribution in [2.24, 2.45) is 10.6 Å². The highest BCUT2D eigenvalue weighted by molar-refractivity contribution is 6.35. The molecule has 2 aliphatic rings. The number of carbonyl (C=O) groups excluding carboxylic acids is 2. The number of piperazine rings is 1. The van der Waals surface area contributed by atoms with Crippen molar-refractivity contribution < 1.29 is 9.59 Å². The summed E-state index contributed by atoms with van der Waals surface area (Å²) in [6.45, 7) is 1.29. The number of hydrogen-bond acceptors (Lipinski definition) is 7. The lowest BCUT2D eigenvalue weighted by Gasteiger charge is -2.40. The van der Waals surface area contributed by atoms with Gasteiger partial charge in [-0.05, 0) is 12.8 Å². The van der Waals surface area contributed by atoms with Crippen molar-refractivity contribution in [2.75, 3.05) is 19.6 Å². The zero-order valence-corrected chi connectivity index (χ0v) is 9.69. The number of piperidine rings is 1.